The highest BCUT2D eigenvalue weighted by atomic mass is 16.1. The number of carbonyl (C=O) groups excluding carboxylic acids is 1. The number of nitrogens with zero attached hydrogens (tertiary/aromatic N) is 2. The average molecular weight is 316 g/mol. The van der Waals surface area contributed by atoms with Crippen LogP contribution < -0.4 is 9.80 Å². The Hall–Kier alpha value is -3.33. The Kier molecular flexibility index (Phi) is 5.53. The zero-order valence-electron chi connectivity index (χ0n) is 13.6. The van der Waals surface area contributed by atoms with E-state index in [0.717, 1.165) is 5.69 Å². The summed E-state index contributed by atoms with van der Waals surface area (Å²) < 4.78 is 0. The number of anilines is 2. The Labute approximate surface area is 143 Å². The second-order valence-corrected chi connectivity index (χ2v) is 4.91. The normalized spacial score (nSPS) is 9.67. The van der Waals surface area contributed by atoms with Crippen molar-refractivity contribution in [2.45, 2.75) is 0 Å². The molecule has 24 heavy (non-hydrogen) atoms. The molecular formula is C21H20N2O. The molecular weight excluding hydrogens is 296 g/mol. The highest BCUT2D eigenvalue weighted by Crippen LogP contribution is 2.35. The van der Waals surface area contributed by atoms with E-state index in [1.165, 1.54) is 0 Å². The fraction of sp³-hybridized carbons (Fsp3) is 0. The van der Waals surface area contributed by atoms with Gasteiger partial charge in [0.05, 0.1) is 11.4 Å². The SMILES string of the molecule is C=CN(C=C)c1cccc(C(=O)c2ccccc2)c1N(C=C)C=C. The van der Waals surface area contributed by atoms with Crippen molar-refractivity contribution >= 4 is 17.2 Å². The van der Waals surface area contributed by atoms with Crippen molar-refractivity contribution in [1.82, 2.24) is 0 Å². The van der Waals surface area contributed by atoms with E-state index >= 15 is 0 Å². The molecule has 0 saturated carbocycles. The van der Waals surface area contributed by atoms with Crippen LogP contribution in [0.5, 0.6) is 0 Å². The number of para-hydroxylation sites is 1. The molecule has 0 radical (unpaired) electrons. The Bertz CT molecular complexity index is 762. The van der Waals surface area contributed by atoms with Gasteiger partial charge in [0.2, 0.25) is 0 Å². The summed E-state index contributed by atoms with van der Waals surface area (Å²) in [6.07, 6.45) is 6.48. The third-order valence-electron chi connectivity index (χ3n) is 3.62. The summed E-state index contributed by atoms with van der Waals surface area (Å²) in [7, 11) is 0. The molecule has 0 fully saturated rings. The summed E-state index contributed by atoms with van der Waals surface area (Å²) in [4.78, 5) is 16.5. The van der Waals surface area contributed by atoms with Gasteiger partial charge in [-0.15, -0.1) is 0 Å². The van der Waals surface area contributed by atoms with E-state index in [1.54, 1.807) is 52.8 Å². The maximum Gasteiger partial charge on any atom is 0.195 e. The maximum absolute atomic E-state index is 13.0. The minimum atomic E-state index is -0.0748. The predicted molar refractivity (Wildman–Crippen MR) is 102 cm³/mol. The molecule has 2 aromatic carbocycles. The number of hydrogen-bond donors (Lipinski definition) is 0. The predicted octanol–water partition coefficient (Wildman–Crippen LogP) is 5.10. The number of hydrogen-bond acceptors (Lipinski definition) is 3. The lowest BCUT2D eigenvalue weighted by Gasteiger charge is -2.26. The van der Waals surface area contributed by atoms with Crippen molar-refractivity contribution in [3.05, 3.63) is 111 Å². The molecule has 2 rings (SSSR count). The van der Waals surface area contributed by atoms with Crippen LogP contribution in [0, 0.1) is 0 Å². The smallest absolute Gasteiger partial charge is 0.195 e. The van der Waals surface area contributed by atoms with Gasteiger partial charge in [-0.2, -0.15) is 0 Å². The van der Waals surface area contributed by atoms with Gasteiger partial charge in [-0.1, -0.05) is 62.7 Å². The number of rotatable bonds is 8. The first-order chi connectivity index (χ1) is 11.7. The topological polar surface area (TPSA) is 23.6 Å². The fourth-order valence-electron chi connectivity index (χ4n) is 2.47. The molecule has 120 valence electrons. The van der Waals surface area contributed by atoms with Crippen molar-refractivity contribution in [3.63, 3.8) is 0 Å². The van der Waals surface area contributed by atoms with Gasteiger partial charge >= 0.3 is 0 Å². The van der Waals surface area contributed by atoms with E-state index in [9.17, 15) is 4.79 Å². The summed E-state index contributed by atoms with van der Waals surface area (Å²) in [5.41, 5.74) is 2.61. The van der Waals surface area contributed by atoms with Gasteiger partial charge < -0.3 is 9.80 Å². The zero-order valence-corrected chi connectivity index (χ0v) is 13.6. The molecule has 0 N–H and O–H groups in total. The Morgan fingerprint density at radius 3 is 1.88 bits per heavy atom. The largest absolute Gasteiger partial charge is 0.323 e. The lowest BCUT2D eigenvalue weighted by Crippen LogP contribution is -2.17. The van der Waals surface area contributed by atoms with E-state index in [1.807, 2.05) is 30.3 Å². The highest BCUT2D eigenvalue weighted by molar-refractivity contribution is 6.14. The van der Waals surface area contributed by atoms with Crippen molar-refractivity contribution in [1.29, 1.82) is 0 Å². The van der Waals surface area contributed by atoms with E-state index in [-0.39, 0.29) is 5.78 Å². The molecule has 3 nitrogen and oxygen atoms in total. The maximum atomic E-state index is 13.0. The molecule has 0 atom stereocenters. The lowest BCUT2D eigenvalue weighted by molar-refractivity contribution is 0.103. The van der Waals surface area contributed by atoms with Crippen LogP contribution >= 0.6 is 0 Å². The van der Waals surface area contributed by atoms with Gasteiger partial charge in [0.25, 0.3) is 0 Å². The standard InChI is InChI=1S/C21H20N2O/c1-5-22(6-2)19-16-12-15-18(20(19)23(7-3)8-4)21(24)17-13-10-9-11-14-17/h5-16H,1-4H2. The minimum Gasteiger partial charge on any atom is -0.323 e. The molecule has 0 saturated heterocycles. The first-order valence-electron chi connectivity index (χ1n) is 7.47. The fourth-order valence-corrected chi connectivity index (χ4v) is 2.47. The van der Waals surface area contributed by atoms with Crippen LogP contribution in [-0.2, 0) is 0 Å². The molecule has 2 aromatic rings. The molecule has 0 amide bonds. The van der Waals surface area contributed by atoms with E-state index < -0.39 is 0 Å². The number of ketones is 1. The Morgan fingerprint density at radius 2 is 1.33 bits per heavy atom. The van der Waals surface area contributed by atoms with E-state index in [2.05, 4.69) is 26.3 Å². The third kappa shape index (κ3) is 3.20. The van der Waals surface area contributed by atoms with Crippen LogP contribution in [0.3, 0.4) is 0 Å². The van der Waals surface area contributed by atoms with E-state index in [0.29, 0.717) is 16.8 Å². The summed E-state index contributed by atoms with van der Waals surface area (Å²) in [5, 5.41) is 0. The van der Waals surface area contributed by atoms with Crippen LogP contribution in [0.4, 0.5) is 11.4 Å². The van der Waals surface area contributed by atoms with Crippen LogP contribution in [0.1, 0.15) is 15.9 Å². The molecule has 3 heteroatoms. The molecule has 0 aliphatic carbocycles. The molecule has 0 aliphatic rings. The van der Waals surface area contributed by atoms with Gasteiger partial charge in [0.15, 0.2) is 5.78 Å². The molecule has 0 aromatic heterocycles. The van der Waals surface area contributed by atoms with Crippen molar-refractivity contribution in [2.75, 3.05) is 9.80 Å². The summed E-state index contributed by atoms with van der Waals surface area (Å²) in [6.45, 7) is 15.2. The van der Waals surface area contributed by atoms with E-state index in [4.69, 9.17) is 0 Å². The molecule has 0 spiro atoms. The lowest BCUT2D eigenvalue weighted by atomic mass is 9.99. The molecule has 0 bridgehead atoms. The first-order valence-corrected chi connectivity index (χ1v) is 7.47. The van der Waals surface area contributed by atoms with Crippen molar-refractivity contribution < 1.29 is 4.79 Å². The first kappa shape index (κ1) is 17.0. The minimum absolute atomic E-state index is 0.0748. The molecule has 0 unspecified atom stereocenters. The van der Waals surface area contributed by atoms with Gasteiger partial charge in [-0.05, 0) is 12.1 Å². The quantitative estimate of drug-likeness (QED) is 0.633. The van der Waals surface area contributed by atoms with Crippen LogP contribution in [0.15, 0.2) is 99.6 Å². The second kappa shape index (κ2) is 7.79. The summed E-state index contributed by atoms with van der Waals surface area (Å²) >= 11 is 0. The summed E-state index contributed by atoms with van der Waals surface area (Å²) in [5.74, 6) is -0.0748. The van der Waals surface area contributed by atoms with Crippen LogP contribution in [0.25, 0.3) is 0 Å². The number of benzene rings is 2. The van der Waals surface area contributed by atoms with Crippen LogP contribution in [0.2, 0.25) is 0 Å². The Morgan fingerprint density at radius 1 is 0.750 bits per heavy atom. The molecule has 0 aliphatic heterocycles. The van der Waals surface area contributed by atoms with Crippen LogP contribution in [-0.4, -0.2) is 5.78 Å². The van der Waals surface area contributed by atoms with Gasteiger partial charge in [-0.25, -0.2) is 0 Å². The third-order valence-corrected chi connectivity index (χ3v) is 3.62. The molecule has 0 heterocycles. The Balaban J connectivity index is 2.71. The van der Waals surface area contributed by atoms with Crippen molar-refractivity contribution in [2.24, 2.45) is 0 Å². The zero-order chi connectivity index (χ0) is 17.5. The van der Waals surface area contributed by atoms with Gasteiger partial charge in [0.1, 0.15) is 0 Å². The van der Waals surface area contributed by atoms with Crippen molar-refractivity contribution in [3.8, 4) is 0 Å². The van der Waals surface area contributed by atoms with Gasteiger partial charge in [0, 0.05) is 35.9 Å². The number of carbonyl (C=O) groups is 1. The summed E-state index contributed by atoms with van der Waals surface area (Å²) in [6, 6.07) is 14.7. The average Bonchev–Trinajstić information content (AvgIpc) is 2.64. The monoisotopic (exact) mass is 316 g/mol. The highest BCUT2D eigenvalue weighted by Gasteiger charge is 2.20. The second-order valence-electron chi connectivity index (χ2n) is 4.91. The van der Waals surface area contributed by atoms with Gasteiger partial charge in [-0.3, -0.25) is 4.79 Å².